The molecule has 0 bridgehead atoms. The van der Waals surface area contributed by atoms with Gasteiger partial charge in [0.25, 0.3) is 6.43 Å². The molecule has 37 heavy (non-hydrogen) atoms. The first kappa shape index (κ1) is 25.4. The lowest BCUT2D eigenvalue weighted by atomic mass is 10.0. The Bertz CT molecular complexity index is 1470. The molecular weight excluding hydrogens is 498 g/mol. The lowest BCUT2D eigenvalue weighted by molar-refractivity contribution is 0.0148. The van der Waals surface area contributed by atoms with Crippen molar-refractivity contribution in [3.63, 3.8) is 0 Å². The van der Waals surface area contributed by atoms with Gasteiger partial charge in [-0.1, -0.05) is 12.1 Å². The Kier molecular flexibility index (Phi) is 7.04. The Morgan fingerprint density at radius 3 is 2.62 bits per heavy atom. The zero-order chi connectivity index (χ0) is 26.2. The third kappa shape index (κ3) is 5.70. The molecule has 3 aromatic rings. The molecule has 4 heterocycles. The number of hydrogen-bond acceptors (Lipinski definition) is 7. The van der Waals surface area contributed by atoms with Crippen molar-refractivity contribution in [3.05, 3.63) is 70.8 Å². The first-order valence-corrected chi connectivity index (χ1v) is 14.1. The van der Waals surface area contributed by atoms with Gasteiger partial charge in [0.15, 0.2) is 9.84 Å². The summed E-state index contributed by atoms with van der Waals surface area (Å²) in [7, 11) is -3.62. The normalized spacial score (nSPS) is 17.5. The van der Waals surface area contributed by atoms with E-state index in [1.165, 1.54) is 0 Å². The number of nitrogens with one attached hydrogen (secondary N) is 1. The van der Waals surface area contributed by atoms with Gasteiger partial charge in [0.05, 0.1) is 33.8 Å². The lowest BCUT2D eigenvalue weighted by Crippen LogP contribution is -2.13. The molecule has 0 radical (unpaired) electrons. The highest BCUT2D eigenvalue weighted by Gasteiger charge is 2.27. The van der Waals surface area contributed by atoms with Crippen LogP contribution in [0.4, 0.5) is 25.8 Å². The summed E-state index contributed by atoms with van der Waals surface area (Å²) >= 11 is 0. The number of nitrogens with zero attached hydrogens (tertiary/aromatic N) is 3. The quantitative estimate of drug-likeness (QED) is 0.427. The Balaban J connectivity index is 1.55. The van der Waals surface area contributed by atoms with Gasteiger partial charge in [-0.2, -0.15) is 0 Å². The van der Waals surface area contributed by atoms with Gasteiger partial charge in [0.2, 0.25) is 0 Å². The summed E-state index contributed by atoms with van der Waals surface area (Å²) < 4.78 is 58.4. The minimum absolute atomic E-state index is 0.0618. The minimum Gasteiger partial charge on any atom is -0.374 e. The molecule has 1 saturated heterocycles. The molecule has 0 amide bonds. The average Bonchev–Trinajstić information content (AvgIpc) is 3.29. The fourth-order valence-corrected chi connectivity index (χ4v) is 5.61. The van der Waals surface area contributed by atoms with Gasteiger partial charge in [0, 0.05) is 42.8 Å². The van der Waals surface area contributed by atoms with Crippen molar-refractivity contribution in [1.29, 1.82) is 0 Å². The number of alkyl halides is 2. The Morgan fingerprint density at radius 1 is 1.08 bits per heavy atom. The predicted octanol–water partition coefficient (Wildman–Crippen LogP) is 5.66. The third-order valence-corrected chi connectivity index (χ3v) is 7.64. The molecular formula is C27H28F2N4O3S. The summed E-state index contributed by atoms with van der Waals surface area (Å²) in [4.78, 5) is 13.4. The van der Waals surface area contributed by atoms with E-state index in [9.17, 15) is 17.2 Å². The summed E-state index contributed by atoms with van der Waals surface area (Å²) in [6, 6.07) is 12.6. The minimum atomic E-state index is -3.62. The average molecular weight is 527 g/mol. The fraction of sp³-hybridized carbons (Fsp3) is 0.370. The van der Waals surface area contributed by atoms with Crippen LogP contribution < -0.4 is 5.32 Å². The van der Waals surface area contributed by atoms with E-state index in [0.717, 1.165) is 42.5 Å². The number of sulfone groups is 1. The monoisotopic (exact) mass is 526 g/mol. The number of halogens is 2. The third-order valence-electron chi connectivity index (χ3n) is 6.51. The van der Waals surface area contributed by atoms with E-state index in [0.29, 0.717) is 41.5 Å². The highest BCUT2D eigenvalue weighted by atomic mass is 32.2. The number of benzene rings is 1. The Labute approximate surface area is 215 Å². The second-order valence-electron chi connectivity index (χ2n) is 9.49. The number of aromatic nitrogens is 2. The maximum atomic E-state index is 13.5. The predicted molar refractivity (Wildman–Crippen MR) is 138 cm³/mol. The molecule has 0 saturated carbocycles. The highest BCUT2D eigenvalue weighted by molar-refractivity contribution is 7.90. The molecule has 1 aromatic carbocycles. The number of ether oxygens (including phenoxy) is 1. The zero-order valence-corrected chi connectivity index (χ0v) is 21.5. The van der Waals surface area contributed by atoms with Crippen molar-refractivity contribution >= 4 is 32.6 Å². The van der Waals surface area contributed by atoms with Gasteiger partial charge in [0.1, 0.15) is 5.69 Å². The second kappa shape index (κ2) is 10.3. The standard InChI is InChI=1S/C27H28F2N4O3S/c1-16-6-5-7-18(30-16)13-19-14-21(26-22(31-19)15-23(33-26)27(28)29)32-20-10-9-17(12-25(20)37(2,34)35)24-8-3-4-11-36-24/h5-7,9-10,12,14,24,27H,3-4,8,11,13,15H2,1-2H3,(H,31,32). The molecule has 2 aromatic heterocycles. The van der Waals surface area contributed by atoms with Crippen molar-refractivity contribution in [3.8, 4) is 0 Å². The number of rotatable bonds is 7. The summed E-state index contributed by atoms with van der Waals surface area (Å²) in [5.74, 6) is 0. The molecule has 10 heteroatoms. The molecule has 7 nitrogen and oxygen atoms in total. The number of hydrogen-bond donors (Lipinski definition) is 1. The molecule has 194 valence electrons. The van der Waals surface area contributed by atoms with Crippen molar-refractivity contribution in [2.24, 2.45) is 4.99 Å². The molecule has 0 spiro atoms. The number of aryl methyl sites for hydroxylation is 1. The van der Waals surface area contributed by atoms with Crippen LogP contribution in [0.15, 0.2) is 52.4 Å². The van der Waals surface area contributed by atoms with Gasteiger partial charge in [-0.15, -0.1) is 0 Å². The van der Waals surface area contributed by atoms with Crippen molar-refractivity contribution in [2.45, 2.75) is 56.5 Å². The topological polar surface area (TPSA) is 93.5 Å². The van der Waals surface area contributed by atoms with Crippen LogP contribution in [0, 0.1) is 6.92 Å². The first-order valence-electron chi connectivity index (χ1n) is 12.2. The van der Waals surface area contributed by atoms with Crippen LogP contribution in [0.5, 0.6) is 0 Å². The molecule has 1 N–H and O–H groups in total. The summed E-state index contributed by atoms with van der Waals surface area (Å²) in [6.07, 6.45) is 1.46. The maximum absolute atomic E-state index is 13.5. The maximum Gasteiger partial charge on any atom is 0.277 e. The van der Waals surface area contributed by atoms with E-state index in [1.54, 1.807) is 18.2 Å². The van der Waals surface area contributed by atoms with Crippen molar-refractivity contribution in [2.75, 3.05) is 18.2 Å². The lowest BCUT2D eigenvalue weighted by Gasteiger charge is -2.24. The molecule has 2 aliphatic rings. The van der Waals surface area contributed by atoms with Gasteiger partial charge in [-0.3, -0.25) is 9.97 Å². The fourth-order valence-electron chi connectivity index (χ4n) is 4.74. The summed E-state index contributed by atoms with van der Waals surface area (Å²) in [6.45, 7) is 2.54. The SMILES string of the molecule is Cc1cccc(Cc2cc(Nc3ccc(C4CCCCO4)cc3S(C)(=O)=O)c3c(n2)CC(C(F)F)=N3)n1. The van der Waals surface area contributed by atoms with E-state index in [-0.39, 0.29) is 23.1 Å². The van der Waals surface area contributed by atoms with Gasteiger partial charge >= 0.3 is 0 Å². The Hall–Kier alpha value is -3.24. The van der Waals surface area contributed by atoms with E-state index in [2.05, 4.69) is 20.3 Å². The van der Waals surface area contributed by atoms with Crippen LogP contribution in [0.2, 0.25) is 0 Å². The first-order chi connectivity index (χ1) is 17.7. The van der Waals surface area contributed by atoms with E-state index in [4.69, 9.17) is 4.74 Å². The second-order valence-corrected chi connectivity index (χ2v) is 11.5. The van der Waals surface area contributed by atoms with Crippen LogP contribution in [0.25, 0.3) is 0 Å². The van der Waals surface area contributed by atoms with Crippen LogP contribution in [-0.4, -0.2) is 43.4 Å². The summed E-state index contributed by atoms with van der Waals surface area (Å²) in [5.41, 5.74) is 4.31. The zero-order valence-electron chi connectivity index (χ0n) is 20.7. The van der Waals surface area contributed by atoms with Crippen LogP contribution in [0.1, 0.15) is 53.7 Å². The van der Waals surface area contributed by atoms with E-state index >= 15 is 0 Å². The highest BCUT2D eigenvalue weighted by Crippen LogP contribution is 2.39. The van der Waals surface area contributed by atoms with Gasteiger partial charge in [-0.05, 0) is 62.1 Å². The van der Waals surface area contributed by atoms with E-state index in [1.807, 2.05) is 31.2 Å². The molecule has 1 unspecified atom stereocenters. The van der Waals surface area contributed by atoms with Crippen LogP contribution >= 0.6 is 0 Å². The molecule has 1 fully saturated rings. The number of pyridine rings is 2. The molecule has 0 aliphatic carbocycles. The largest absolute Gasteiger partial charge is 0.374 e. The van der Waals surface area contributed by atoms with Crippen LogP contribution in [-0.2, 0) is 27.4 Å². The summed E-state index contributed by atoms with van der Waals surface area (Å²) in [5, 5.41) is 3.17. The molecule has 5 rings (SSSR count). The van der Waals surface area contributed by atoms with E-state index < -0.39 is 16.3 Å². The number of anilines is 2. The van der Waals surface area contributed by atoms with Crippen LogP contribution in [0.3, 0.4) is 0 Å². The van der Waals surface area contributed by atoms with Gasteiger partial charge < -0.3 is 10.1 Å². The van der Waals surface area contributed by atoms with Crippen molar-refractivity contribution < 1.29 is 21.9 Å². The Morgan fingerprint density at radius 2 is 1.92 bits per heavy atom. The van der Waals surface area contributed by atoms with Gasteiger partial charge in [-0.25, -0.2) is 22.2 Å². The molecule has 1 atom stereocenters. The molecule has 2 aliphatic heterocycles. The number of aliphatic imine (C=N–C) groups is 1. The number of fused-ring (bicyclic) bond motifs is 1. The van der Waals surface area contributed by atoms with Crippen molar-refractivity contribution in [1.82, 2.24) is 9.97 Å². The smallest absolute Gasteiger partial charge is 0.277 e.